The molecule has 0 aliphatic heterocycles. The number of hydrogen-bond acceptors (Lipinski definition) is 2. The number of anilines is 1. The zero-order valence-corrected chi connectivity index (χ0v) is 10.6. The molecule has 0 heterocycles. The maximum absolute atomic E-state index is 12.0. The average Bonchev–Trinajstić information content (AvgIpc) is 2.30. The van der Waals surface area contributed by atoms with Crippen molar-refractivity contribution in [2.24, 2.45) is 0 Å². The van der Waals surface area contributed by atoms with Crippen molar-refractivity contribution in [1.29, 1.82) is 0 Å². The second kappa shape index (κ2) is 5.26. The Kier molecular flexibility index (Phi) is 3.72. The van der Waals surface area contributed by atoms with E-state index in [4.69, 9.17) is 15.8 Å². The van der Waals surface area contributed by atoms with E-state index in [1.165, 1.54) is 0 Å². The molecule has 2 rings (SSSR count). The second-order valence-electron chi connectivity index (χ2n) is 3.36. The zero-order valence-electron chi connectivity index (χ0n) is 8.92. The van der Waals surface area contributed by atoms with Gasteiger partial charge in [0.05, 0.1) is 0 Å². The molecule has 2 aromatic rings. The minimum Gasteiger partial charge on any atom is -0.418 e. The summed E-state index contributed by atoms with van der Waals surface area (Å²) in [4.78, 5) is 0. The molecule has 0 spiro atoms. The first-order valence-corrected chi connectivity index (χ1v) is 7.56. The van der Waals surface area contributed by atoms with Crippen molar-refractivity contribution in [2.45, 2.75) is 0 Å². The second-order valence-corrected chi connectivity index (χ2v) is 6.06. The van der Waals surface area contributed by atoms with Gasteiger partial charge >= 0.3 is 6.87 Å². The highest BCUT2D eigenvalue weighted by atomic mass is 35.7. The molecule has 2 aromatic carbocycles. The molecule has 0 amide bonds. The monoisotopic (exact) mass is 267 g/mol. The van der Waals surface area contributed by atoms with Gasteiger partial charge in [0.25, 0.3) is 0 Å². The number of nitrogens with one attached hydrogen (secondary N) is 1. The summed E-state index contributed by atoms with van der Waals surface area (Å²) in [6.45, 7) is -3.41. The molecule has 0 saturated heterocycles. The van der Waals surface area contributed by atoms with E-state index in [9.17, 15) is 4.57 Å². The quantitative estimate of drug-likeness (QED) is 0.828. The minimum atomic E-state index is -3.41. The Balaban J connectivity index is 2.07. The van der Waals surface area contributed by atoms with Crippen LogP contribution in [0.5, 0.6) is 5.75 Å². The molecule has 0 unspecified atom stereocenters. The zero-order chi connectivity index (χ0) is 12.1. The van der Waals surface area contributed by atoms with Gasteiger partial charge in [0, 0.05) is 16.9 Å². The Labute approximate surface area is 105 Å². The van der Waals surface area contributed by atoms with Crippen molar-refractivity contribution in [3.8, 4) is 5.75 Å². The van der Waals surface area contributed by atoms with Crippen LogP contribution in [0.4, 0.5) is 5.69 Å². The van der Waals surface area contributed by atoms with E-state index in [1.54, 1.807) is 36.4 Å². The lowest BCUT2D eigenvalue weighted by Crippen LogP contribution is -1.98. The van der Waals surface area contributed by atoms with Crippen molar-refractivity contribution in [3.05, 3.63) is 60.7 Å². The fourth-order valence-corrected chi connectivity index (χ4v) is 2.73. The molecular formula is C12H11ClNO2P. The van der Waals surface area contributed by atoms with E-state index < -0.39 is 6.87 Å². The average molecular weight is 268 g/mol. The third-order valence-electron chi connectivity index (χ3n) is 2.00. The molecule has 0 aliphatic carbocycles. The summed E-state index contributed by atoms with van der Waals surface area (Å²) in [6, 6.07) is 17.8. The Morgan fingerprint density at radius 3 is 2.06 bits per heavy atom. The van der Waals surface area contributed by atoms with Gasteiger partial charge < -0.3 is 4.52 Å². The molecule has 0 aromatic heterocycles. The van der Waals surface area contributed by atoms with Gasteiger partial charge in [0.2, 0.25) is 0 Å². The van der Waals surface area contributed by atoms with E-state index in [2.05, 4.69) is 5.09 Å². The number of halogens is 1. The van der Waals surface area contributed by atoms with E-state index in [-0.39, 0.29) is 0 Å². The summed E-state index contributed by atoms with van der Waals surface area (Å²) in [5.41, 5.74) is 0.654. The summed E-state index contributed by atoms with van der Waals surface area (Å²) >= 11 is 5.83. The highest BCUT2D eigenvalue weighted by Gasteiger charge is 2.20. The first-order chi connectivity index (χ1) is 8.16. The van der Waals surface area contributed by atoms with Crippen molar-refractivity contribution < 1.29 is 9.09 Å². The summed E-state index contributed by atoms with van der Waals surface area (Å²) in [5.74, 6) is 0.467. The number of hydrogen-bond donors (Lipinski definition) is 1. The van der Waals surface area contributed by atoms with Crippen molar-refractivity contribution in [2.75, 3.05) is 5.09 Å². The van der Waals surface area contributed by atoms with E-state index in [0.717, 1.165) is 0 Å². The van der Waals surface area contributed by atoms with Gasteiger partial charge in [-0.05, 0) is 24.3 Å². The van der Waals surface area contributed by atoms with Crippen LogP contribution in [0.15, 0.2) is 60.7 Å². The Morgan fingerprint density at radius 2 is 1.47 bits per heavy atom. The Morgan fingerprint density at radius 1 is 0.941 bits per heavy atom. The van der Waals surface area contributed by atoms with Crippen LogP contribution in [0.2, 0.25) is 0 Å². The molecule has 5 heteroatoms. The standard InChI is InChI=1S/C12H11ClNO2P/c13-17(15,14-11-7-3-1-4-8-11)16-12-9-5-2-6-10-12/h1-10H,(H,14,15)/t17-/m0/s1. The highest BCUT2D eigenvalue weighted by Crippen LogP contribution is 2.51. The molecule has 0 saturated carbocycles. The summed E-state index contributed by atoms with van der Waals surface area (Å²) in [7, 11) is 0. The van der Waals surface area contributed by atoms with Crippen LogP contribution in [-0.4, -0.2) is 0 Å². The maximum Gasteiger partial charge on any atom is 0.435 e. The summed E-state index contributed by atoms with van der Waals surface area (Å²) in [5, 5.41) is 2.67. The minimum absolute atomic E-state index is 0.467. The largest absolute Gasteiger partial charge is 0.435 e. The van der Waals surface area contributed by atoms with Crippen LogP contribution < -0.4 is 9.61 Å². The van der Waals surface area contributed by atoms with Crippen LogP contribution in [0, 0.1) is 0 Å². The van der Waals surface area contributed by atoms with Gasteiger partial charge in [-0.2, -0.15) is 0 Å². The normalized spacial score (nSPS) is 13.7. The van der Waals surface area contributed by atoms with E-state index >= 15 is 0 Å². The molecule has 17 heavy (non-hydrogen) atoms. The van der Waals surface area contributed by atoms with Gasteiger partial charge in [0.15, 0.2) is 0 Å². The van der Waals surface area contributed by atoms with Crippen LogP contribution in [0.25, 0.3) is 0 Å². The fourth-order valence-electron chi connectivity index (χ4n) is 1.31. The molecule has 1 N–H and O–H groups in total. The van der Waals surface area contributed by atoms with Gasteiger partial charge in [-0.1, -0.05) is 36.4 Å². The molecular weight excluding hydrogens is 257 g/mol. The fraction of sp³-hybridized carbons (Fsp3) is 0. The summed E-state index contributed by atoms with van der Waals surface area (Å²) < 4.78 is 17.2. The van der Waals surface area contributed by atoms with Crippen LogP contribution >= 0.6 is 18.1 Å². The predicted octanol–water partition coefficient (Wildman–Crippen LogP) is 4.52. The molecule has 3 nitrogen and oxygen atoms in total. The topological polar surface area (TPSA) is 38.3 Å². The van der Waals surface area contributed by atoms with Crippen molar-refractivity contribution in [1.82, 2.24) is 0 Å². The SMILES string of the molecule is O=[P@](Cl)(Nc1ccccc1)Oc1ccccc1. The van der Waals surface area contributed by atoms with E-state index in [0.29, 0.717) is 11.4 Å². The maximum atomic E-state index is 12.0. The molecule has 1 atom stereocenters. The summed E-state index contributed by atoms with van der Waals surface area (Å²) in [6.07, 6.45) is 0. The lowest BCUT2D eigenvalue weighted by molar-refractivity contribution is 0.503. The molecule has 0 bridgehead atoms. The van der Waals surface area contributed by atoms with Gasteiger partial charge in [0.1, 0.15) is 5.75 Å². The first-order valence-electron chi connectivity index (χ1n) is 5.03. The van der Waals surface area contributed by atoms with E-state index in [1.807, 2.05) is 24.3 Å². The Hall–Kier alpha value is -1.44. The third kappa shape index (κ3) is 3.81. The highest BCUT2D eigenvalue weighted by molar-refractivity contribution is 7.86. The molecule has 0 fully saturated rings. The lowest BCUT2D eigenvalue weighted by Gasteiger charge is -2.14. The van der Waals surface area contributed by atoms with Gasteiger partial charge in [-0.3, -0.25) is 5.09 Å². The van der Waals surface area contributed by atoms with Crippen molar-refractivity contribution in [3.63, 3.8) is 0 Å². The van der Waals surface area contributed by atoms with Gasteiger partial charge in [-0.25, -0.2) is 4.57 Å². The smallest absolute Gasteiger partial charge is 0.418 e. The van der Waals surface area contributed by atoms with Crippen LogP contribution in [0.3, 0.4) is 0 Å². The molecule has 88 valence electrons. The van der Waals surface area contributed by atoms with Gasteiger partial charge in [-0.15, -0.1) is 0 Å². The number of rotatable bonds is 4. The first kappa shape index (κ1) is 12.0. The Bertz CT molecular complexity index is 473. The third-order valence-corrected chi connectivity index (χ3v) is 3.43. The van der Waals surface area contributed by atoms with Crippen molar-refractivity contribution >= 4 is 23.8 Å². The number of benzene rings is 2. The molecule has 0 radical (unpaired) electrons. The predicted molar refractivity (Wildman–Crippen MR) is 70.6 cm³/mol. The van der Waals surface area contributed by atoms with Crippen LogP contribution in [0.1, 0.15) is 0 Å². The number of para-hydroxylation sites is 2. The lowest BCUT2D eigenvalue weighted by atomic mass is 10.3. The molecule has 0 aliphatic rings. The van der Waals surface area contributed by atoms with Crippen LogP contribution in [-0.2, 0) is 4.57 Å².